The molecule has 3 heterocycles. The number of fused-ring (bicyclic) bond motifs is 7. The van der Waals surface area contributed by atoms with Crippen LogP contribution in [0.5, 0.6) is 0 Å². The van der Waals surface area contributed by atoms with E-state index in [0.29, 0.717) is 0 Å². The van der Waals surface area contributed by atoms with Crippen molar-refractivity contribution in [1.29, 1.82) is 0 Å². The second-order valence-electron chi connectivity index (χ2n) is 17.1. The second kappa shape index (κ2) is 15.5. The molecule has 0 aliphatic heterocycles. The first-order valence-electron chi connectivity index (χ1n) is 22.6. The van der Waals surface area contributed by atoms with Crippen LogP contribution in [0.25, 0.3) is 122 Å². The molecule has 0 fully saturated rings. The first-order valence-corrected chi connectivity index (χ1v) is 22.6. The van der Waals surface area contributed by atoms with Crippen molar-refractivity contribution in [1.82, 2.24) is 14.1 Å². The van der Waals surface area contributed by atoms with Gasteiger partial charge in [-0.25, -0.2) is 4.98 Å². The molecule has 10 aromatic carbocycles. The van der Waals surface area contributed by atoms with E-state index in [9.17, 15) is 0 Å². The van der Waals surface area contributed by atoms with Crippen molar-refractivity contribution in [3.63, 3.8) is 0 Å². The number of hydrogen-bond acceptors (Lipinski definition) is 1. The van der Waals surface area contributed by atoms with Gasteiger partial charge in [-0.15, -0.1) is 0 Å². The molecule has 3 heteroatoms. The number of nitrogens with zero attached hydrogens (tertiary/aromatic N) is 3. The minimum Gasteiger partial charge on any atom is -0.309 e. The van der Waals surface area contributed by atoms with E-state index < -0.39 is 0 Å². The van der Waals surface area contributed by atoms with Crippen molar-refractivity contribution in [3.05, 3.63) is 249 Å². The van der Waals surface area contributed by atoms with Gasteiger partial charge in [-0.3, -0.25) is 0 Å². The lowest BCUT2D eigenvalue weighted by Gasteiger charge is -2.13. The highest BCUT2D eigenvalue weighted by Crippen LogP contribution is 2.40. The summed E-state index contributed by atoms with van der Waals surface area (Å²) in [4.78, 5) is 5.12. The molecular formula is C63H41N3. The molecule has 3 nitrogen and oxygen atoms in total. The molecule has 3 aromatic heterocycles. The Bertz CT molecular complexity index is 3890. The van der Waals surface area contributed by atoms with Gasteiger partial charge in [0.2, 0.25) is 0 Å². The SMILES string of the molecule is c1ccc(-c2cc(-c3ccc(-n4c5ccccc5c5ccc(-c6ccc7c8ccccc8n(-c8ccc(-c9cccc%10ccccc9%10)cc8)c7c6)cc54)cc3)cc(-c3ccccc3)n2)cc1. The summed E-state index contributed by atoms with van der Waals surface area (Å²) in [6.45, 7) is 0. The van der Waals surface area contributed by atoms with Crippen molar-refractivity contribution >= 4 is 54.4 Å². The predicted molar refractivity (Wildman–Crippen MR) is 278 cm³/mol. The van der Waals surface area contributed by atoms with Crippen LogP contribution in [0.2, 0.25) is 0 Å². The molecule has 0 aliphatic rings. The van der Waals surface area contributed by atoms with Gasteiger partial charge in [0.1, 0.15) is 0 Å². The molecule has 308 valence electrons. The maximum atomic E-state index is 5.12. The van der Waals surface area contributed by atoms with Gasteiger partial charge in [0.15, 0.2) is 0 Å². The third kappa shape index (κ3) is 6.32. The summed E-state index contributed by atoms with van der Waals surface area (Å²) >= 11 is 0. The number of rotatable bonds is 7. The number of benzene rings is 10. The maximum Gasteiger partial charge on any atom is 0.0715 e. The normalized spacial score (nSPS) is 11.6. The van der Waals surface area contributed by atoms with Gasteiger partial charge in [0, 0.05) is 44.0 Å². The van der Waals surface area contributed by atoms with Crippen LogP contribution >= 0.6 is 0 Å². The predicted octanol–water partition coefficient (Wildman–Crippen LogP) is 16.8. The fourth-order valence-corrected chi connectivity index (χ4v) is 10.1. The van der Waals surface area contributed by atoms with Gasteiger partial charge in [0.05, 0.1) is 33.5 Å². The molecule has 0 radical (unpaired) electrons. The number of para-hydroxylation sites is 2. The van der Waals surface area contributed by atoms with Crippen LogP contribution in [0.4, 0.5) is 0 Å². The van der Waals surface area contributed by atoms with Gasteiger partial charge in [-0.1, -0.05) is 188 Å². The highest BCUT2D eigenvalue weighted by atomic mass is 15.0. The Labute approximate surface area is 382 Å². The lowest BCUT2D eigenvalue weighted by atomic mass is 9.98. The van der Waals surface area contributed by atoms with Crippen LogP contribution in [-0.2, 0) is 0 Å². The Hall–Kier alpha value is -8.79. The van der Waals surface area contributed by atoms with Crippen molar-refractivity contribution in [2.45, 2.75) is 0 Å². The maximum absolute atomic E-state index is 5.12. The highest BCUT2D eigenvalue weighted by molar-refractivity contribution is 6.12. The Morgan fingerprint density at radius 3 is 1.21 bits per heavy atom. The largest absolute Gasteiger partial charge is 0.309 e. The van der Waals surface area contributed by atoms with E-state index >= 15 is 0 Å². The van der Waals surface area contributed by atoms with E-state index in [1.54, 1.807) is 0 Å². The minimum atomic E-state index is 0.958. The minimum absolute atomic E-state index is 0.958. The molecule has 0 N–H and O–H groups in total. The number of hydrogen-bond donors (Lipinski definition) is 0. The molecule has 66 heavy (non-hydrogen) atoms. The third-order valence-corrected chi connectivity index (χ3v) is 13.3. The van der Waals surface area contributed by atoms with Gasteiger partial charge in [0.25, 0.3) is 0 Å². The molecule has 13 aromatic rings. The Morgan fingerprint density at radius 2 is 0.667 bits per heavy atom. The number of pyridine rings is 1. The van der Waals surface area contributed by atoms with Gasteiger partial charge < -0.3 is 9.13 Å². The van der Waals surface area contributed by atoms with Crippen LogP contribution in [0.3, 0.4) is 0 Å². The average molecular weight is 840 g/mol. The zero-order chi connectivity index (χ0) is 43.6. The monoisotopic (exact) mass is 839 g/mol. The molecule has 0 atom stereocenters. The average Bonchev–Trinajstić information content (AvgIpc) is 3.91. The molecule has 0 spiro atoms. The van der Waals surface area contributed by atoms with Crippen LogP contribution in [0.15, 0.2) is 249 Å². The van der Waals surface area contributed by atoms with E-state index in [0.717, 1.165) is 45.0 Å². The van der Waals surface area contributed by atoms with Crippen molar-refractivity contribution < 1.29 is 0 Å². The van der Waals surface area contributed by atoms with Gasteiger partial charge >= 0.3 is 0 Å². The summed E-state index contributed by atoms with van der Waals surface area (Å²) in [5, 5.41) is 7.47. The molecule has 13 rings (SSSR count). The zero-order valence-corrected chi connectivity index (χ0v) is 36.0. The zero-order valence-electron chi connectivity index (χ0n) is 36.0. The summed E-state index contributed by atoms with van der Waals surface area (Å²) in [7, 11) is 0. The molecule has 0 amide bonds. The molecule has 0 bridgehead atoms. The van der Waals surface area contributed by atoms with Gasteiger partial charge in [-0.05, 0) is 105 Å². The van der Waals surface area contributed by atoms with E-state index in [1.165, 1.54) is 76.6 Å². The Balaban J connectivity index is 0.912. The molecular weight excluding hydrogens is 799 g/mol. The molecule has 0 saturated carbocycles. The third-order valence-electron chi connectivity index (χ3n) is 13.3. The van der Waals surface area contributed by atoms with E-state index in [-0.39, 0.29) is 0 Å². The fraction of sp³-hybridized carbons (Fsp3) is 0. The summed E-state index contributed by atoms with van der Waals surface area (Å²) in [6.07, 6.45) is 0. The van der Waals surface area contributed by atoms with Crippen LogP contribution in [-0.4, -0.2) is 14.1 Å². The summed E-state index contributed by atoms with van der Waals surface area (Å²) in [6, 6.07) is 90.0. The fourth-order valence-electron chi connectivity index (χ4n) is 10.1. The topological polar surface area (TPSA) is 22.8 Å². The van der Waals surface area contributed by atoms with Crippen molar-refractivity contribution in [2.24, 2.45) is 0 Å². The molecule has 0 aliphatic carbocycles. The van der Waals surface area contributed by atoms with E-state index in [4.69, 9.17) is 4.98 Å². The lowest BCUT2D eigenvalue weighted by molar-refractivity contribution is 1.18. The standard InChI is InChI=1S/C63H41N3/c1-3-15-45(16-4-1)58-38-49(39-59(64-58)46-17-5-2-6-18-46)42-26-32-50(33-27-42)65-60-24-11-9-21-54(60)56-36-30-47(40-62(56)65)48-31-37-57-55-22-10-12-25-61(55)66(63(57)41-48)51-34-28-44(29-35-51)53-23-13-19-43-14-7-8-20-52(43)53/h1-41H. The van der Waals surface area contributed by atoms with Crippen molar-refractivity contribution in [2.75, 3.05) is 0 Å². The quantitative estimate of drug-likeness (QED) is 0.157. The molecule has 0 saturated heterocycles. The summed E-state index contributed by atoms with van der Waals surface area (Å²) < 4.78 is 4.84. The highest BCUT2D eigenvalue weighted by Gasteiger charge is 2.17. The summed E-state index contributed by atoms with van der Waals surface area (Å²) in [5.74, 6) is 0. The van der Waals surface area contributed by atoms with Crippen LogP contribution in [0, 0.1) is 0 Å². The molecule has 0 unspecified atom stereocenters. The summed E-state index contributed by atoms with van der Waals surface area (Å²) in [5.41, 5.74) is 18.2. The lowest BCUT2D eigenvalue weighted by Crippen LogP contribution is -1.95. The second-order valence-corrected chi connectivity index (χ2v) is 17.1. The first kappa shape index (κ1) is 37.7. The van der Waals surface area contributed by atoms with E-state index in [2.05, 4.69) is 246 Å². The Morgan fingerprint density at radius 1 is 0.242 bits per heavy atom. The van der Waals surface area contributed by atoms with Crippen molar-refractivity contribution in [3.8, 4) is 67.3 Å². The Kier molecular flexibility index (Phi) is 8.85. The van der Waals surface area contributed by atoms with Crippen LogP contribution in [0.1, 0.15) is 0 Å². The first-order chi connectivity index (χ1) is 32.7. The van der Waals surface area contributed by atoms with E-state index in [1.807, 2.05) is 12.1 Å². The smallest absolute Gasteiger partial charge is 0.0715 e. The van der Waals surface area contributed by atoms with Crippen LogP contribution < -0.4 is 0 Å². The van der Waals surface area contributed by atoms with Gasteiger partial charge in [-0.2, -0.15) is 0 Å². The number of aromatic nitrogens is 3.